The summed E-state index contributed by atoms with van der Waals surface area (Å²) in [6, 6.07) is 3.14. The van der Waals surface area contributed by atoms with Crippen molar-refractivity contribution < 1.29 is 13.6 Å². The third-order valence-corrected chi connectivity index (χ3v) is 6.78. The molecular formula is C23H29F2N7O. The Kier molecular flexibility index (Phi) is 5.54. The lowest BCUT2D eigenvalue weighted by Crippen LogP contribution is -2.39. The third-order valence-electron chi connectivity index (χ3n) is 6.78. The predicted molar refractivity (Wildman–Crippen MR) is 120 cm³/mol. The van der Waals surface area contributed by atoms with Gasteiger partial charge in [0.2, 0.25) is 0 Å². The number of carbonyl (C=O) groups excluding carboxylic acids is 1. The summed E-state index contributed by atoms with van der Waals surface area (Å²) in [7, 11) is 0. The summed E-state index contributed by atoms with van der Waals surface area (Å²) in [5.74, 6) is 1.31. The fourth-order valence-corrected chi connectivity index (χ4v) is 5.05. The highest BCUT2D eigenvalue weighted by atomic mass is 19.3. The number of amides is 1. The van der Waals surface area contributed by atoms with Gasteiger partial charge in [0.15, 0.2) is 11.3 Å². The van der Waals surface area contributed by atoms with Crippen molar-refractivity contribution in [3.8, 4) is 0 Å². The summed E-state index contributed by atoms with van der Waals surface area (Å²) in [5, 5.41) is 8.61. The first-order valence-electron chi connectivity index (χ1n) is 11.6. The zero-order valence-corrected chi connectivity index (χ0v) is 19.2. The maximum absolute atomic E-state index is 13.2. The molecule has 0 unspecified atom stereocenters. The van der Waals surface area contributed by atoms with Crippen LogP contribution in [0.1, 0.15) is 72.6 Å². The van der Waals surface area contributed by atoms with E-state index < -0.39 is 6.55 Å². The highest BCUT2D eigenvalue weighted by molar-refractivity contribution is 5.92. The Morgan fingerprint density at radius 2 is 1.94 bits per heavy atom. The fourth-order valence-electron chi connectivity index (χ4n) is 5.05. The predicted octanol–water partition coefficient (Wildman–Crippen LogP) is 4.15. The number of rotatable bonds is 4. The Labute approximate surface area is 191 Å². The number of halogens is 2. The Balaban J connectivity index is 1.45. The summed E-state index contributed by atoms with van der Waals surface area (Å²) in [6.45, 7) is 5.60. The second kappa shape index (κ2) is 8.39. The topological polar surface area (TPSA) is 71.6 Å². The molecule has 0 aromatic carbocycles. The van der Waals surface area contributed by atoms with E-state index in [2.05, 4.69) is 16.9 Å². The number of hydrogen-bond donors (Lipinski definition) is 0. The summed E-state index contributed by atoms with van der Waals surface area (Å²) < 4.78 is 28.7. The Morgan fingerprint density at radius 3 is 2.64 bits per heavy atom. The minimum absolute atomic E-state index is 0.0443. The highest BCUT2D eigenvalue weighted by Gasteiger charge is 2.33. The SMILES string of the molecule is Cc1cn2nc([C@@H]3CCCCN3C(=O)c3cc(C)n(C(F)F)n3)cc2nc1N1CC[C@H](C)C1. The number of fused-ring (bicyclic) bond motifs is 1. The molecule has 2 saturated heterocycles. The van der Waals surface area contributed by atoms with E-state index in [0.717, 1.165) is 61.5 Å². The number of hydrogen-bond acceptors (Lipinski definition) is 5. The Morgan fingerprint density at radius 1 is 1.12 bits per heavy atom. The molecule has 2 aliphatic heterocycles. The first kappa shape index (κ1) is 21.8. The van der Waals surface area contributed by atoms with Crippen molar-refractivity contribution in [3.05, 3.63) is 41.0 Å². The molecule has 2 fully saturated rings. The van der Waals surface area contributed by atoms with Crippen LogP contribution in [0, 0.1) is 19.8 Å². The van der Waals surface area contributed by atoms with Crippen molar-refractivity contribution >= 4 is 17.4 Å². The van der Waals surface area contributed by atoms with Gasteiger partial charge in [-0.1, -0.05) is 6.92 Å². The van der Waals surface area contributed by atoms with Crippen molar-refractivity contribution in [1.29, 1.82) is 0 Å². The lowest BCUT2D eigenvalue weighted by Gasteiger charge is -2.34. The molecule has 5 heterocycles. The molecule has 0 spiro atoms. The third kappa shape index (κ3) is 3.95. The van der Waals surface area contributed by atoms with Crippen molar-refractivity contribution in [1.82, 2.24) is 29.3 Å². The van der Waals surface area contributed by atoms with E-state index >= 15 is 0 Å². The molecule has 8 nitrogen and oxygen atoms in total. The maximum Gasteiger partial charge on any atom is 0.333 e. The molecule has 3 aromatic heterocycles. The molecule has 2 atom stereocenters. The molecule has 10 heteroatoms. The van der Waals surface area contributed by atoms with Crippen LogP contribution in [-0.2, 0) is 0 Å². The Hall–Kier alpha value is -3.04. The lowest BCUT2D eigenvalue weighted by atomic mass is 9.99. The number of anilines is 1. The second-order valence-electron chi connectivity index (χ2n) is 9.36. The highest BCUT2D eigenvalue weighted by Crippen LogP contribution is 2.33. The molecule has 176 valence electrons. The maximum atomic E-state index is 13.2. The quantitative estimate of drug-likeness (QED) is 0.589. The molecule has 0 radical (unpaired) electrons. The van der Waals surface area contributed by atoms with E-state index in [0.29, 0.717) is 17.1 Å². The molecule has 2 aliphatic rings. The molecule has 33 heavy (non-hydrogen) atoms. The minimum atomic E-state index is -2.77. The van der Waals surface area contributed by atoms with Gasteiger partial charge in [0.05, 0.1) is 11.7 Å². The molecule has 0 bridgehead atoms. The lowest BCUT2D eigenvalue weighted by molar-refractivity contribution is 0.0511. The van der Waals surface area contributed by atoms with Crippen molar-refractivity contribution in [3.63, 3.8) is 0 Å². The van der Waals surface area contributed by atoms with Crippen LogP contribution in [0.25, 0.3) is 5.65 Å². The molecule has 0 aliphatic carbocycles. The van der Waals surface area contributed by atoms with Crippen LogP contribution in [0.2, 0.25) is 0 Å². The largest absolute Gasteiger partial charge is 0.356 e. The van der Waals surface area contributed by atoms with Crippen LogP contribution in [0.5, 0.6) is 0 Å². The van der Waals surface area contributed by atoms with E-state index in [9.17, 15) is 13.6 Å². The minimum Gasteiger partial charge on any atom is -0.356 e. The summed E-state index contributed by atoms with van der Waals surface area (Å²) in [6.07, 6.45) is 5.75. The number of alkyl halides is 2. The number of nitrogens with zero attached hydrogens (tertiary/aromatic N) is 7. The van der Waals surface area contributed by atoms with Gasteiger partial charge in [0.25, 0.3) is 5.91 Å². The van der Waals surface area contributed by atoms with Gasteiger partial charge >= 0.3 is 6.55 Å². The van der Waals surface area contributed by atoms with Gasteiger partial charge in [0.1, 0.15) is 5.82 Å². The van der Waals surface area contributed by atoms with Crippen molar-refractivity contribution in [2.75, 3.05) is 24.5 Å². The second-order valence-corrected chi connectivity index (χ2v) is 9.36. The average Bonchev–Trinajstić information content (AvgIpc) is 3.50. The summed E-state index contributed by atoms with van der Waals surface area (Å²) in [5.41, 5.74) is 2.89. The molecular weight excluding hydrogens is 428 g/mol. The summed E-state index contributed by atoms with van der Waals surface area (Å²) in [4.78, 5) is 22.2. The first-order chi connectivity index (χ1) is 15.8. The van der Waals surface area contributed by atoms with Crippen LogP contribution < -0.4 is 4.90 Å². The van der Waals surface area contributed by atoms with Gasteiger partial charge in [-0.15, -0.1) is 0 Å². The van der Waals surface area contributed by atoms with E-state index in [1.807, 2.05) is 19.2 Å². The van der Waals surface area contributed by atoms with Crippen molar-refractivity contribution in [2.45, 2.75) is 59.0 Å². The van der Waals surface area contributed by atoms with E-state index in [1.165, 1.54) is 13.0 Å². The van der Waals surface area contributed by atoms with Gasteiger partial charge in [-0.25, -0.2) is 14.2 Å². The smallest absolute Gasteiger partial charge is 0.333 e. The number of aryl methyl sites for hydroxylation is 2. The van der Waals surface area contributed by atoms with Crippen LogP contribution in [0.4, 0.5) is 14.6 Å². The van der Waals surface area contributed by atoms with Crippen LogP contribution in [-0.4, -0.2) is 54.8 Å². The van der Waals surface area contributed by atoms with E-state index in [4.69, 9.17) is 10.1 Å². The monoisotopic (exact) mass is 457 g/mol. The van der Waals surface area contributed by atoms with Gasteiger partial charge in [-0.2, -0.15) is 19.0 Å². The first-order valence-corrected chi connectivity index (χ1v) is 11.6. The zero-order chi connectivity index (χ0) is 23.3. The number of likely N-dealkylation sites (tertiary alicyclic amines) is 1. The van der Waals surface area contributed by atoms with Gasteiger partial charge in [0, 0.05) is 43.2 Å². The zero-order valence-electron chi connectivity index (χ0n) is 19.2. The molecule has 0 saturated carbocycles. The molecule has 5 rings (SSSR count). The number of piperidine rings is 1. The normalized spacial score (nSPS) is 21.5. The van der Waals surface area contributed by atoms with Crippen LogP contribution in [0.3, 0.4) is 0 Å². The molecule has 3 aromatic rings. The van der Waals surface area contributed by atoms with Crippen LogP contribution >= 0.6 is 0 Å². The van der Waals surface area contributed by atoms with Crippen LogP contribution in [0.15, 0.2) is 18.3 Å². The summed E-state index contributed by atoms with van der Waals surface area (Å²) >= 11 is 0. The van der Waals surface area contributed by atoms with Gasteiger partial charge in [-0.3, -0.25) is 4.79 Å². The van der Waals surface area contributed by atoms with Gasteiger partial charge in [-0.05, 0) is 51.5 Å². The molecule has 1 amide bonds. The number of aromatic nitrogens is 5. The van der Waals surface area contributed by atoms with E-state index in [1.54, 1.807) is 9.42 Å². The number of carbonyl (C=O) groups is 1. The fraction of sp³-hybridized carbons (Fsp3) is 0.565. The van der Waals surface area contributed by atoms with Crippen molar-refractivity contribution in [2.24, 2.45) is 5.92 Å². The molecule has 0 N–H and O–H groups in total. The average molecular weight is 458 g/mol. The Bertz CT molecular complexity index is 1190. The standard InChI is InChI=1S/C23H29F2N7O/c1-14-7-9-29(12-14)21-15(2)13-31-20(26-21)11-17(27-31)19-6-4-5-8-30(19)22(33)18-10-16(3)32(28-18)23(24)25/h10-11,13-14,19,23H,4-9,12H2,1-3H3/t14-,19-/m0/s1. The van der Waals surface area contributed by atoms with E-state index in [-0.39, 0.29) is 23.3 Å². The van der Waals surface area contributed by atoms with Gasteiger partial charge < -0.3 is 9.80 Å².